The SMILES string of the molecule is COc1c(Cl)cccc1NC(=O)NC1CCN(Cc2ccccc2)C1. The Morgan fingerprint density at radius 1 is 1.24 bits per heavy atom. The number of nitrogens with zero attached hydrogens (tertiary/aromatic N) is 1. The van der Waals surface area contributed by atoms with Gasteiger partial charge in [0.25, 0.3) is 0 Å². The minimum atomic E-state index is -0.243. The van der Waals surface area contributed by atoms with Gasteiger partial charge in [0.1, 0.15) is 0 Å². The molecule has 1 heterocycles. The first-order chi connectivity index (χ1) is 12.2. The van der Waals surface area contributed by atoms with Crippen molar-refractivity contribution in [1.82, 2.24) is 10.2 Å². The fourth-order valence-electron chi connectivity index (χ4n) is 3.09. The number of ether oxygens (including phenoxy) is 1. The number of amides is 2. The first-order valence-electron chi connectivity index (χ1n) is 8.32. The average Bonchev–Trinajstić information content (AvgIpc) is 3.02. The lowest BCUT2D eigenvalue weighted by molar-refractivity contribution is 0.247. The predicted molar refractivity (Wildman–Crippen MR) is 100 cm³/mol. The highest BCUT2D eigenvalue weighted by Gasteiger charge is 2.24. The van der Waals surface area contributed by atoms with Gasteiger partial charge < -0.3 is 15.4 Å². The van der Waals surface area contributed by atoms with E-state index in [2.05, 4.69) is 27.7 Å². The van der Waals surface area contributed by atoms with Crippen LogP contribution in [0.4, 0.5) is 10.5 Å². The van der Waals surface area contributed by atoms with Crippen molar-refractivity contribution in [1.29, 1.82) is 0 Å². The monoisotopic (exact) mass is 359 g/mol. The molecule has 3 rings (SSSR count). The van der Waals surface area contributed by atoms with E-state index < -0.39 is 0 Å². The Morgan fingerprint density at radius 3 is 2.80 bits per heavy atom. The van der Waals surface area contributed by atoms with Crippen LogP contribution < -0.4 is 15.4 Å². The summed E-state index contributed by atoms with van der Waals surface area (Å²) < 4.78 is 5.25. The summed E-state index contributed by atoms with van der Waals surface area (Å²) in [6.45, 7) is 2.72. The van der Waals surface area contributed by atoms with Gasteiger partial charge in [0.05, 0.1) is 17.8 Å². The Labute approximate surface area is 152 Å². The minimum Gasteiger partial charge on any atom is -0.493 e. The van der Waals surface area contributed by atoms with E-state index in [-0.39, 0.29) is 12.1 Å². The Balaban J connectivity index is 1.52. The minimum absolute atomic E-state index is 0.133. The van der Waals surface area contributed by atoms with Gasteiger partial charge in [-0.05, 0) is 24.1 Å². The number of anilines is 1. The third kappa shape index (κ3) is 4.65. The highest BCUT2D eigenvalue weighted by atomic mass is 35.5. The lowest BCUT2D eigenvalue weighted by Gasteiger charge is -2.17. The highest BCUT2D eigenvalue weighted by Crippen LogP contribution is 2.32. The van der Waals surface area contributed by atoms with E-state index >= 15 is 0 Å². The second-order valence-corrected chi connectivity index (χ2v) is 6.53. The fourth-order valence-corrected chi connectivity index (χ4v) is 3.35. The number of hydrogen-bond donors (Lipinski definition) is 2. The van der Waals surface area contributed by atoms with Crippen LogP contribution in [0, 0.1) is 0 Å². The Hall–Kier alpha value is -2.24. The summed E-state index contributed by atoms with van der Waals surface area (Å²) in [5.74, 6) is 0.469. The maximum atomic E-state index is 12.3. The number of methoxy groups -OCH3 is 1. The van der Waals surface area contributed by atoms with Crippen LogP contribution in [0.1, 0.15) is 12.0 Å². The van der Waals surface area contributed by atoms with Crippen molar-refractivity contribution < 1.29 is 9.53 Å². The summed E-state index contributed by atoms with van der Waals surface area (Å²) in [6, 6.07) is 15.5. The van der Waals surface area contributed by atoms with Gasteiger partial charge in [0.15, 0.2) is 5.75 Å². The van der Waals surface area contributed by atoms with Crippen molar-refractivity contribution in [3.05, 3.63) is 59.1 Å². The lowest BCUT2D eigenvalue weighted by atomic mass is 10.2. The first-order valence-corrected chi connectivity index (χ1v) is 8.70. The second kappa shape index (κ2) is 8.23. The van der Waals surface area contributed by atoms with Gasteiger partial charge in [-0.15, -0.1) is 0 Å². The largest absolute Gasteiger partial charge is 0.493 e. The molecule has 5 nitrogen and oxygen atoms in total. The van der Waals surface area contributed by atoms with E-state index in [0.717, 1.165) is 26.1 Å². The average molecular weight is 360 g/mol. The molecule has 25 heavy (non-hydrogen) atoms. The van der Waals surface area contributed by atoms with Gasteiger partial charge in [-0.2, -0.15) is 0 Å². The molecule has 1 fully saturated rings. The van der Waals surface area contributed by atoms with Gasteiger partial charge in [-0.1, -0.05) is 48.0 Å². The van der Waals surface area contributed by atoms with Crippen molar-refractivity contribution in [2.75, 3.05) is 25.5 Å². The molecule has 0 saturated carbocycles. The number of carbonyl (C=O) groups is 1. The Bertz CT molecular complexity index is 724. The summed E-state index contributed by atoms with van der Waals surface area (Å²) in [7, 11) is 1.53. The molecular formula is C19H22ClN3O2. The number of rotatable bonds is 5. The van der Waals surface area contributed by atoms with Crippen molar-refractivity contribution >= 4 is 23.3 Å². The molecule has 1 unspecified atom stereocenters. The third-order valence-corrected chi connectivity index (χ3v) is 4.57. The summed E-state index contributed by atoms with van der Waals surface area (Å²) in [4.78, 5) is 14.6. The van der Waals surface area contributed by atoms with Crippen LogP contribution in [-0.2, 0) is 6.54 Å². The summed E-state index contributed by atoms with van der Waals surface area (Å²) >= 11 is 6.08. The van der Waals surface area contributed by atoms with Crippen molar-refractivity contribution in [2.45, 2.75) is 19.0 Å². The molecule has 1 aliphatic rings. The standard InChI is InChI=1S/C19H22ClN3O2/c1-25-18-16(20)8-5-9-17(18)22-19(24)21-15-10-11-23(13-15)12-14-6-3-2-4-7-14/h2-9,15H,10-13H2,1H3,(H2,21,22,24). The molecule has 0 aliphatic carbocycles. The normalized spacial score (nSPS) is 17.3. The zero-order valence-corrected chi connectivity index (χ0v) is 14.9. The summed E-state index contributed by atoms with van der Waals surface area (Å²) in [6.07, 6.45) is 0.937. The molecule has 0 spiro atoms. The predicted octanol–water partition coefficient (Wildman–Crippen LogP) is 3.74. The zero-order chi connectivity index (χ0) is 17.6. The fraction of sp³-hybridized carbons (Fsp3) is 0.316. The van der Waals surface area contributed by atoms with E-state index in [9.17, 15) is 4.79 Å². The van der Waals surface area contributed by atoms with Crippen LogP contribution in [-0.4, -0.2) is 37.2 Å². The van der Waals surface area contributed by atoms with Crippen LogP contribution in [0.2, 0.25) is 5.02 Å². The van der Waals surface area contributed by atoms with Gasteiger partial charge in [-0.25, -0.2) is 4.79 Å². The lowest BCUT2D eigenvalue weighted by Crippen LogP contribution is -2.39. The van der Waals surface area contributed by atoms with Gasteiger partial charge in [-0.3, -0.25) is 4.90 Å². The van der Waals surface area contributed by atoms with E-state index in [1.165, 1.54) is 12.7 Å². The number of urea groups is 1. The zero-order valence-electron chi connectivity index (χ0n) is 14.2. The number of carbonyl (C=O) groups excluding carboxylic acids is 1. The van der Waals surface area contributed by atoms with Crippen LogP contribution in [0.3, 0.4) is 0 Å². The number of halogens is 1. The Morgan fingerprint density at radius 2 is 2.04 bits per heavy atom. The van der Waals surface area contributed by atoms with E-state index in [0.29, 0.717) is 16.5 Å². The number of para-hydroxylation sites is 1. The van der Waals surface area contributed by atoms with Crippen LogP contribution >= 0.6 is 11.6 Å². The number of hydrogen-bond acceptors (Lipinski definition) is 3. The molecule has 1 aliphatic heterocycles. The van der Waals surface area contributed by atoms with Gasteiger partial charge in [0, 0.05) is 25.7 Å². The van der Waals surface area contributed by atoms with Crippen molar-refractivity contribution in [3.8, 4) is 5.75 Å². The molecule has 132 valence electrons. The molecule has 2 N–H and O–H groups in total. The second-order valence-electron chi connectivity index (χ2n) is 6.13. The van der Waals surface area contributed by atoms with Crippen LogP contribution in [0.25, 0.3) is 0 Å². The summed E-state index contributed by atoms with van der Waals surface area (Å²) in [5, 5.41) is 6.31. The first kappa shape index (κ1) is 17.6. The Kier molecular flexibility index (Phi) is 5.79. The summed E-state index contributed by atoms with van der Waals surface area (Å²) in [5.41, 5.74) is 1.85. The highest BCUT2D eigenvalue weighted by molar-refractivity contribution is 6.32. The maximum absolute atomic E-state index is 12.3. The van der Waals surface area contributed by atoms with E-state index in [1.54, 1.807) is 18.2 Å². The third-order valence-electron chi connectivity index (χ3n) is 4.28. The number of nitrogens with one attached hydrogen (secondary N) is 2. The molecule has 2 aromatic carbocycles. The van der Waals surface area contributed by atoms with Crippen LogP contribution in [0.5, 0.6) is 5.75 Å². The number of likely N-dealkylation sites (tertiary alicyclic amines) is 1. The molecule has 1 atom stereocenters. The van der Waals surface area contributed by atoms with Crippen molar-refractivity contribution in [2.24, 2.45) is 0 Å². The van der Waals surface area contributed by atoms with Crippen molar-refractivity contribution in [3.63, 3.8) is 0 Å². The van der Waals surface area contributed by atoms with Gasteiger partial charge >= 0.3 is 6.03 Å². The van der Waals surface area contributed by atoms with Gasteiger partial charge in [0.2, 0.25) is 0 Å². The molecule has 6 heteroatoms. The van der Waals surface area contributed by atoms with E-state index in [4.69, 9.17) is 16.3 Å². The molecule has 0 bridgehead atoms. The molecule has 0 radical (unpaired) electrons. The van der Waals surface area contributed by atoms with Crippen LogP contribution in [0.15, 0.2) is 48.5 Å². The molecule has 2 amide bonds. The quantitative estimate of drug-likeness (QED) is 0.855. The maximum Gasteiger partial charge on any atom is 0.319 e. The molecular weight excluding hydrogens is 338 g/mol. The van der Waals surface area contributed by atoms with E-state index in [1.807, 2.05) is 18.2 Å². The number of benzene rings is 2. The molecule has 1 saturated heterocycles. The molecule has 2 aromatic rings. The topological polar surface area (TPSA) is 53.6 Å². The smallest absolute Gasteiger partial charge is 0.319 e. The molecule has 0 aromatic heterocycles.